The number of hydrogen-bond acceptors (Lipinski definition) is 3. The summed E-state index contributed by atoms with van der Waals surface area (Å²) < 4.78 is 0. The van der Waals surface area contributed by atoms with Crippen molar-refractivity contribution in [3.8, 4) is 0 Å². The fourth-order valence-electron chi connectivity index (χ4n) is 2.75. The van der Waals surface area contributed by atoms with E-state index in [1.54, 1.807) is 0 Å². The molecule has 0 aromatic heterocycles. The van der Waals surface area contributed by atoms with Gasteiger partial charge in [0.1, 0.15) is 0 Å². The Morgan fingerprint density at radius 3 is 2.20 bits per heavy atom. The van der Waals surface area contributed by atoms with Crippen molar-refractivity contribution in [1.29, 1.82) is 0 Å². The lowest BCUT2D eigenvalue weighted by Gasteiger charge is -2.32. The summed E-state index contributed by atoms with van der Waals surface area (Å²) in [5, 5.41) is 1.94. The molecule has 0 radical (unpaired) electrons. The van der Waals surface area contributed by atoms with Gasteiger partial charge in [-0.15, -0.1) is 0 Å². The first-order valence-electron chi connectivity index (χ1n) is 6.46. The normalized spacial score (nSPS) is 26.2. The lowest BCUT2D eigenvalue weighted by Crippen LogP contribution is -2.38. The van der Waals surface area contributed by atoms with Crippen molar-refractivity contribution in [2.24, 2.45) is 5.73 Å². The first-order valence-corrected chi connectivity index (χ1v) is 7.40. The fourth-order valence-corrected chi connectivity index (χ4v) is 4.38. The SMILES string of the molecule is NCCN1CCC(SC2CCCC2)CC1. The van der Waals surface area contributed by atoms with Crippen molar-refractivity contribution >= 4 is 11.8 Å². The molecule has 0 atom stereocenters. The predicted octanol–water partition coefficient (Wildman–Crippen LogP) is 2.09. The molecule has 1 saturated carbocycles. The second kappa shape index (κ2) is 6.12. The Morgan fingerprint density at radius 1 is 1.00 bits per heavy atom. The van der Waals surface area contributed by atoms with Crippen LogP contribution < -0.4 is 5.73 Å². The lowest BCUT2D eigenvalue weighted by atomic mass is 10.1. The molecule has 2 rings (SSSR count). The van der Waals surface area contributed by atoms with Crippen LogP contribution in [0.4, 0.5) is 0 Å². The highest BCUT2D eigenvalue weighted by Gasteiger charge is 2.24. The van der Waals surface area contributed by atoms with Crippen molar-refractivity contribution in [3.63, 3.8) is 0 Å². The summed E-state index contributed by atoms with van der Waals surface area (Å²) in [6.45, 7) is 4.48. The van der Waals surface area contributed by atoms with E-state index in [0.29, 0.717) is 0 Å². The van der Waals surface area contributed by atoms with E-state index < -0.39 is 0 Å². The van der Waals surface area contributed by atoms with Crippen molar-refractivity contribution in [1.82, 2.24) is 4.90 Å². The number of thioether (sulfide) groups is 1. The summed E-state index contributed by atoms with van der Waals surface area (Å²) in [4.78, 5) is 2.52. The predicted molar refractivity (Wildman–Crippen MR) is 68.4 cm³/mol. The second-order valence-corrected chi connectivity index (χ2v) is 6.48. The molecule has 2 aliphatic rings. The van der Waals surface area contributed by atoms with E-state index in [2.05, 4.69) is 16.7 Å². The Bertz CT molecular complexity index is 172. The third-order valence-electron chi connectivity index (χ3n) is 3.67. The van der Waals surface area contributed by atoms with Gasteiger partial charge in [0.15, 0.2) is 0 Å². The van der Waals surface area contributed by atoms with Crippen LogP contribution in [0.15, 0.2) is 0 Å². The van der Waals surface area contributed by atoms with Gasteiger partial charge in [-0.2, -0.15) is 11.8 Å². The molecule has 1 aliphatic heterocycles. The second-order valence-electron chi connectivity index (χ2n) is 4.87. The van der Waals surface area contributed by atoms with Gasteiger partial charge >= 0.3 is 0 Å². The van der Waals surface area contributed by atoms with Crippen molar-refractivity contribution in [3.05, 3.63) is 0 Å². The monoisotopic (exact) mass is 228 g/mol. The molecule has 0 unspecified atom stereocenters. The molecule has 0 bridgehead atoms. The van der Waals surface area contributed by atoms with E-state index in [0.717, 1.165) is 23.6 Å². The third kappa shape index (κ3) is 3.65. The fraction of sp³-hybridized carbons (Fsp3) is 1.00. The topological polar surface area (TPSA) is 29.3 Å². The summed E-state index contributed by atoms with van der Waals surface area (Å²) in [7, 11) is 0. The van der Waals surface area contributed by atoms with Gasteiger partial charge in [0.25, 0.3) is 0 Å². The maximum Gasteiger partial charge on any atom is 0.0105 e. The lowest BCUT2D eigenvalue weighted by molar-refractivity contribution is 0.239. The van der Waals surface area contributed by atoms with Crippen LogP contribution in [0.1, 0.15) is 38.5 Å². The smallest absolute Gasteiger partial charge is 0.0105 e. The molecule has 15 heavy (non-hydrogen) atoms. The summed E-state index contributed by atoms with van der Waals surface area (Å²) in [6.07, 6.45) is 8.69. The summed E-state index contributed by atoms with van der Waals surface area (Å²) in [5.74, 6) is 0. The highest BCUT2D eigenvalue weighted by Crippen LogP contribution is 2.35. The summed E-state index contributed by atoms with van der Waals surface area (Å²) in [5.41, 5.74) is 5.58. The maximum absolute atomic E-state index is 5.58. The highest BCUT2D eigenvalue weighted by atomic mass is 32.2. The molecule has 0 spiro atoms. The highest BCUT2D eigenvalue weighted by molar-refractivity contribution is 8.00. The van der Waals surface area contributed by atoms with Crippen LogP contribution in [0.2, 0.25) is 0 Å². The van der Waals surface area contributed by atoms with Crippen LogP contribution in [-0.4, -0.2) is 41.6 Å². The van der Waals surface area contributed by atoms with E-state index in [4.69, 9.17) is 5.73 Å². The number of hydrogen-bond donors (Lipinski definition) is 1. The molecule has 2 nitrogen and oxygen atoms in total. The first-order chi connectivity index (χ1) is 7.38. The van der Waals surface area contributed by atoms with E-state index in [-0.39, 0.29) is 0 Å². The molecule has 1 saturated heterocycles. The quantitative estimate of drug-likeness (QED) is 0.799. The molecule has 0 aromatic rings. The van der Waals surface area contributed by atoms with Gasteiger partial charge in [0.05, 0.1) is 0 Å². The van der Waals surface area contributed by atoms with Gasteiger partial charge < -0.3 is 10.6 Å². The van der Waals surface area contributed by atoms with Crippen molar-refractivity contribution in [2.45, 2.75) is 49.0 Å². The summed E-state index contributed by atoms with van der Waals surface area (Å²) in [6, 6.07) is 0. The molecular formula is C12H24N2S. The van der Waals surface area contributed by atoms with Crippen LogP contribution in [-0.2, 0) is 0 Å². The van der Waals surface area contributed by atoms with Crippen LogP contribution in [0, 0.1) is 0 Å². The van der Waals surface area contributed by atoms with Gasteiger partial charge in [0, 0.05) is 23.6 Å². The van der Waals surface area contributed by atoms with Crippen LogP contribution in [0.5, 0.6) is 0 Å². The number of rotatable bonds is 4. The molecule has 1 heterocycles. The maximum atomic E-state index is 5.58. The van der Waals surface area contributed by atoms with Gasteiger partial charge in [-0.25, -0.2) is 0 Å². The Labute approximate surface area is 98.0 Å². The molecule has 88 valence electrons. The summed E-state index contributed by atoms with van der Waals surface area (Å²) >= 11 is 2.29. The van der Waals surface area contributed by atoms with Gasteiger partial charge in [-0.3, -0.25) is 0 Å². The number of likely N-dealkylation sites (tertiary alicyclic amines) is 1. The van der Waals surface area contributed by atoms with E-state index in [1.165, 1.54) is 51.6 Å². The van der Waals surface area contributed by atoms with Gasteiger partial charge in [-0.05, 0) is 38.8 Å². The minimum Gasteiger partial charge on any atom is -0.329 e. The average Bonchev–Trinajstić information content (AvgIpc) is 2.74. The van der Waals surface area contributed by atoms with Gasteiger partial charge in [0.2, 0.25) is 0 Å². The largest absolute Gasteiger partial charge is 0.329 e. The molecular weight excluding hydrogens is 204 g/mol. The zero-order valence-electron chi connectivity index (χ0n) is 9.66. The zero-order valence-corrected chi connectivity index (χ0v) is 10.5. The molecule has 2 fully saturated rings. The van der Waals surface area contributed by atoms with E-state index in [1.807, 2.05) is 0 Å². The van der Waals surface area contributed by atoms with Crippen LogP contribution in [0.3, 0.4) is 0 Å². The number of nitrogens with zero attached hydrogens (tertiary/aromatic N) is 1. The van der Waals surface area contributed by atoms with Crippen LogP contribution >= 0.6 is 11.8 Å². The standard InChI is InChI=1S/C12H24N2S/c13-7-10-14-8-5-12(6-9-14)15-11-3-1-2-4-11/h11-12H,1-10,13H2. The van der Waals surface area contributed by atoms with E-state index >= 15 is 0 Å². The minimum absolute atomic E-state index is 0.820. The Morgan fingerprint density at radius 2 is 1.60 bits per heavy atom. The first kappa shape index (κ1) is 11.7. The van der Waals surface area contributed by atoms with Crippen LogP contribution in [0.25, 0.3) is 0 Å². The Balaban J connectivity index is 1.64. The Kier molecular flexibility index (Phi) is 4.79. The molecule has 1 aliphatic carbocycles. The van der Waals surface area contributed by atoms with Crippen molar-refractivity contribution < 1.29 is 0 Å². The number of piperidine rings is 1. The zero-order chi connectivity index (χ0) is 10.5. The third-order valence-corrected chi connectivity index (χ3v) is 5.38. The molecule has 2 N–H and O–H groups in total. The van der Waals surface area contributed by atoms with Gasteiger partial charge in [-0.1, -0.05) is 12.8 Å². The minimum atomic E-state index is 0.820. The van der Waals surface area contributed by atoms with E-state index in [9.17, 15) is 0 Å². The van der Waals surface area contributed by atoms with Crippen molar-refractivity contribution in [2.75, 3.05) is 26.2 Å². The average molecular weight is 228 g/mol. The molecule has 3 heteroatoms. The molecule has 0 aromatic carbocycles. The number of nitrogens with two attached hydrogens (primary N) is 1. The Hall–Kier alpha value is 0.270. The molecule has 0 amide bonds.